The van der Waals surface area contributed by atoms with Crippen molar-refractivity contribution in [1.29, 1.82) is 0 Å². The molecule has 1 N–H and O–H groups in total. The van der Waals surface area contributed by atoms with Gasteiger partial charge in [-0.05, 0) is 29.7 Å². The molecule has 0 fully saturated rings. The first-order valence-corrected chi connectivity index (χ1v) is 7.05. The highest BCUT2D eigenvalue weighted by atomic mass is 32.2. The average Bonchev–Trinajstić information content (AvgIpc) is 2.58. The fourth-order valence-electron chi connectivity index (χ4n) is 1.36. The Balaban J connectivity index is 2.67. The molecule has 6 heteroatoms. The molecule has 1 aromatic heterocycles. The molecule has 0 atom stereocenters. The van der Waals surface area contributed by atoms with Gasteiger partial charge in [0.1, 0.15) is 4.88 Å². The number of benzene rings is 1. The number of thiophene rings is 1. The van der Waals surface area contributed by atoms with Crippen molar-refractivity contribution in [2.24, 2.45) is 0 Å². The second-order valence-corrected chi connectivity index (χ2v) is 6.49. The van der Waals surface area contributed by atoms with Crippen molar-refractivity contribution in [3.63, 3.8) is 0 Å². The van der Waals surface area contributed by atoms with Gasteiger partial charge in [0, 0.05) is 11.0 Å². The summed E-state index contributed by atoms with van der Waals surface area (Å²) < 4.78 is 23.4. The summed E-state index contributed by atoms with van der Waals surface area (Å²) in [6, 6.07) is 6.09. The highest BCUT2D eigenvalue weighted by Gasteiger charge is 2.12. The van der Waals surface area contributed by atoms with Crippen LogP contribution in [0.15, 0.2) is 29.2 Å². The van der Waals surface area contributed by atoms with Gasteiger partial charge < -0.3 is 5.11 Å². The lowest BCUT2D eigenvalue weighted by molar-refractivity contribution is 0.0702. The molecule has 1 heterocycles. The van der Waals surface area contributed by atoms with Gasteiger partial charge in [0.15, 0.2) is 9.84 Å². The second-order valence-electron chi connectivity index (χ2n) is 3.39. The minimum atomic E-state index is -3.25. The molecule has 16 heavy (non-hydrogen) atoms. The van der Waals surface area contributed by atoms with Crippen molar-refractivity contribution in [1.82, 2.24) is 0 Å². The topological polar surface area (TPSA) is 71.4 Å². The summed E-state index contributed by atoms with van der Waals surface area (Å²) in [6.07, 6.45) is 1.12. The summed E-state index contributed by atoms with van der Waals surface area (Å²) in [4.78, 5) is 11.2. The smallest absolute Gasteiger partial charge is 0.345 e. The molecule has 0 aliphatic heterocycles. The van der Waals surface area contributed by atoms with Crippen LogP contribution in [-0.4, -0.2) is 25.7 Å². The SMILES string of the molecule is CS(=O)(=O)c1ccc2sc(C(=O)O)cc2c1. The van der Waals surface area contributed by atoms with Crippen molar-refractivity contribution < 1.29 is 18.3 Å². The molecule has 0 aliphatic rings. The number of carboxylic acids is 1. The number of hydrogen-bond acceptors (Lipinski definition) is 4. The molecule has 4 nitrogen and oxygen atoms in total. The average molecular weight is 256 g/mol. The number of sulfone groups is 1. The Kier molecular flexibility index (Phi) is 2.47. The summed E-state index contributed by atoms with van der Waals surface area (Å²) in [7, 11) is -3.25. The highest BCUT2D eigenvalue weighted by molar-refractivity contribution is 7.90. The van der Waals surface area contributed by atoms with Gasteiger partial charge >= 0.3 is 5.97 Å². The van der Waals surface area contributed by atoms with Crippen LogP contribution < -0.4 is 0 Å². The lowest BCUT2D eigenvalue weighted by Crippen LogP contribution is -1.95. The summed E-state index contributed by atoms with van der Waals surface area (Å²) in [5.41, 5.74) is 0. The maximum absolute atomic E-state index is 11.3. The second kappa shape index (κ2) is 3.57. The Labute approximate surface area is 96.1 Å². The lowest BCUT2D eigenvalue weighted by atomic mass is 10.2. The van der Waals surface area contributed by atoms with Crippen LogP contribution in [0.4, 0.5) is 0 Å². The molecule has 0 saturated heterocycles. The van der Waals surface area contributed by atoms with Gasteiger partial charge in [0.2, 0.25) is 0 Å². The summed E-state index contributed by atoms with van der Waals surface area (Å²) in [5, 5.41) is 9.45. The van der Waals surface area contributed by atoms with E-state index in [1.165, 1.54) is 18.2 Å². The Morgan fingerprint density at radius 3 is 2.56 bits per heavy atom. The Morgan fingerprint density at radius 2 is 2.00 bits per heavy atom. The molecule has 2 rings (SSSR count). The molecular weight excluding hydrogens is 248 g/mol. The van der Waals surface area contributed by atoms with E-state index < -0.39 is 15.8 Å². The minimum Gasteiger partial charge on any atom is -0.477 e. The van der Waals surface area contributed by atoms with Crippen LogP contribution in [0.25, 0.3) is 10.1 Å². The molecule has 0 spiro atoms. The molecule has 0 radical (unpaired) electrons. The number of rotatable bonds is 2. The molecule has 0 unspecified atom stereocenters. The fourth-order valence-corrected chi connectivity index (χ4v) is 2.90. The van der Waals surface area contributed by atoms with Crippen LogP contribution >= 0.6 is 11.3 Å². The first-order chi connectivity index (χ1) is 7.38. The van der Waals surface area contributed by atoms with Crippen LogP contribution in [0.5, 0.6) is 0 Å². The molecule has 2 aromatic rings. The quantitative estimate of drug-likeness (QED) is 0.892. The van der Waals surface area contributed by atoms with E-state index in [9.17, 15) is 13.2 Å². The number of aromatic carboxylic acids is 1. The third-order valence-electron chi connectivity index (χ3n) is 2.13. The van der Waals surface area contributed by atoms with Crippen molar-refractivity contribution in [3.05, 3.63) is 29.1 Å². The first-order valence-electron chi connectivity index (χ1n) is 4.35. The third kappa shape index (κ3) is 1.94. The zero-order valence-electron chi connectivity index (χ0n) is 8.30. The molecule has 0 amide bonds. The van der Waals surface area contributed by atoms with Crippen LogP contribution in [0.1, 0.15) is 9.67 Å². The van der Waals surface area contributed by atoms with Gasteiger partial charge in [0.05, 0.1) is 4.90 Å². The summed E-state index contributed by atoms with van der Waals surface area (Å²) in [6.45, 7) is 0. The molecular formula is C10H8O4S2. The minimum absolute atomic E-state index is 0.203. The van der Waals surface area contributed by atoms with E-state index in [4.69, 9.17) is 5.11 Å². The van der Waals surface area contributed by atoms with Gasteiger partial charge in [-0.15, -0.1) is 11.3 Å². The van der Waals surface area contributed by atoms with Crippen molar-refractivity contribution >= 4 is 37.2 Å². The van der Waals surface area contributed by atoms with Crippen molar-refractivity contribution in [2.75, 3.05) is 6.26 Å². The third-order valence-corrected chi connectivity index (χ3v) is 4.34. The fraction of sp³-hybridized carbons (Fsp3) is 0.100. The molecule has 0 bridgehead atoms. The Morgan fingerprint density at radius 1 is 1.31 bits per heavy atom. The van der Waals surface area contributed by atoms with Crippen LogP contribution in [0.2, 0.25) is 0 Å². The predicted molar refractivity (Wildman–Crippen MR) is 61.9 cm³/mol. The van der Waals surface area contributed by atoms with Crippen LogP contribution in [0.3, 0.4) is 0 Å². The lowest BCUT2D eigenvalue weighted by Gasteiger charge is -1.96. The summed E-state index contributed by atoms with van der Waals surface area (Å²) in [5.74, 6) is -0.998. The van der Waals surface area contributed by atoms with Gasteiger partial charge in [0.25, 0.3) is 0 Å². The van der Waals surface area contributed by atoms with E-state index in [2.05, 4.69) is 0 Å². The van der Waals surface area contributed by atoms with E-state index in [-0.39, 0.29) is 9.77 Å². The van der Waals surface area contributed by atoms with Crippen LogP contribution in [0, 0.1) is 0 Å². The van der Waals surface area contributed by atoms with Gasteiger partial charge in [-0.3, -0.25) is 0 Å². The number of carboxylic acid groups (broad SMARTS) is 1. The highest BCUT2D eigenvalue weighted by Crippen LogP contribution is 2.27. The van der Waals surface area contributed by atoms with Crippen LogP contribution in [-0.2, 0) is 9.84 Å². The maximum atomic E-state index is 11.3. The zero-order valence-corrected chi connectivity index (χ0v) is 9.93. The van der Waals surface area contributed by atoms with E-state index in [1.54, 1.807) is 6.07 Å². The zero-order chi connectivity index (χ0) is 11.9. The van der Waals surface area contributed by atoms with Gasteiger partial charge in [-0.25, -0.2) is 13.2 Å². The maximum Gasteiger partial charge on any atom is 0.345 e. The molecule has 1 aromatic carbocycles. The Hall–Kier alpha value is -1.40. The molecule has 0 saturated carbocycles. The van der Waals surface area contributed by atoms with Crippen molar-refractivity contribution in [3.8, 4) is 0 Å². The van der Waals surface area contributed by atoms with Gasteiger partial charge in [-0.2, -0.15) is 0 Å². The number of carbonyl (C=O) groups is 1. The predicted octanol–water partition coefficient (Wildman–Crippen LogP) is 2.00. The first kappa shape index (κ1) is 11.1. The number of fused-ring (bicyclic) bond motifs is 1. The van der Waals surface area contributed by atoms with E-state index in [0.717, 1.165) is 22.3 Å². The molecule has 84 valence electrons. The largest absolute Gasteiger partial charge is 0.477 e. The van der Waals surface area contributed by atoms with Crippen molar-refractivity contribution in [2.45, 2.75) is 4.90 Å². The van der Waals surface area contributed by atoms with E-state index in [1.807, 2.05) is 0 Å². The summed E-state index contributed by atoms with van der Waals surface area (Å²) >= 11 is 1.13. The number of hydrogen-bond donors (Lipinski definition) is 1. The standard InChI is InChI=1S/C10H8O4S2/c1-16(13,14)7-2-3-8-6(4-7)5-9(15-8)10(11)12/h2-5H,1H3,(H,11,12). The van der Waals surface area contributed by atoms with E-state index in [0.29, 0.717) is 5.39 Å². The Bertz CT molecular complexity index is 667. The molecule has 0 aliphatic carbocycles. The van der Waals surface area contributed by atoms with Gasteiger partial charge in [-0.1, -0.05) is 0 Å². The van der Waals surface area contributed by atoms with E-state index >= 15 is 0 Å². The normalized spacial score (nSPS) is 11.8. The monoisotopic (exact) mass is 256 g/mol.